The molecule has 1 atom stereocenters. The molecule has 1 aromatic rings. The van der Waals surface area contributed by atoms with Crippen molar-refractivity contribution in [1.29, 1.82) is 0 Å². The summed E-state index contributed by atoms with van der Waals surface area (Å²) in [5.41, 5.74) is -0.0108. The predicted octanol–water partition coefficient (Wildman–Crippen LogP) is 1.65. The van der Waals surface area contributed by atoms with Gasteiger partial charge in [0.05, 0.1) is 0 Å². The maximum absolute atomic E-state index is 11.4. The quantitative estimate of drug-likeness (QED) is 0.348. The predicted molar refractivity (Wildman–Crippen MR) is 51.6 cm³/mol. The lowest BCUT2D eigenvalue weighted by atomic mass is 10.2. The molecule has 0 aliphatic rings. The van der Waals surface area contributed by atoms with Gasteiger partial charge in [0.2, 0.25) is 0 Å². The van der Waals surface area contributed by atoms with E-state index >= 15 is 0 Å². The van der Waals surface area contributed by atoms with E-state index < -0.39 is 7.60 Å². The molecule has 0 bridgehead atoms. The first-order valence-electron chi connectivity index (χ1n) is 3.78. The third-order valence-corrected chi connectivity index (χ3v) is 3.02. The summed E-state index contributed by atoms with van der Waals surface area (Å²) in [5, 5.41) is 11.4. The van der Waals surface area contributed by atoms with Crippen molar-refractivity contribution in [3.8, 4) is 0 Å². The molecule has 5 nitrogen and oxygen atoms in total. The van der Waals surface area contributed by atoms with Crippen LogP contribution in [0.4, 0.5) is 0 Å². The minimum atomic E-state index is -4.01. The van der Waals surface area contributed by atoms with Gasteiger partial charge >= 0.3 is 7.60 Å². The fourth-order valence-electron chi connectivity index (χ4n) is 0.951. The Balaban J connectivity index is 3.14. The van der Waals surface area contributed by atoms with Crippen molar-refractivity contribution >= 4 is 13.0 Å². The number of oxime groups is 1. The molecule has 0 heterocycles. The lowest BCUT2D eigenvalue weighted by Crippen LogP contribution is -2.03. The van der Waals surface area contributed by atoms with E-state index in [4.69, 9.17) is 5.21 Å². The third kappa shape index (κ3) is 2.20. The second kappa shape index (κ2) is 4.37. The Kier molecular flexibility index (Phi) is 3.41. The molecule has 0 radical (unpaired) electrons. The summed E-state index contributed by atoms with van der Waals surface area (Å²) in [4.78, 5) is 9.28. The van der Waals surface area contributed by atoms with Gasteiger partial charge in [0.15, 0.2) is 5.45 Å². The van der Waals surface area contributed by atoms with Gasteiger partial charge in [-0.2, -0.15) is 0 Å². The summed E-state index contributed by atoms with van der Waals surface area (Å²) in [7, 11) is -2.93. The van der Waals surface area contributed by atoms with E-state index in [1.54, 1.807) is 30.3 Å². The van der Waals surface area contributed by atoms with Crippen LogP contribution < -0.4 is 0 Å². The van der Waals surface area contributed by atoms with Gasteiger partial charge in [-0.25, -0.2) is 0 Å². The van der Waals surface area contributed by atoms with Crippen molar-refractivity contribution in [3.63, 3.8) is 0 Å². The van der Waals surface area contributed by atoms with Crippen molar-refractivity contribution in [3.05, 3.63) is 35.9 Å². The van der Waals surface area contributed by atoms with Gasteiger partial charge in [-0.15, -0.1) is 0 Å². The van der Waals surface area contributed by atoms with Crippen molar-refractivity contribution in [2.45, 2.75) is 0 Å². The standard InChI is InChI=1S/C8H10NO4P/c1-13-14(11,12)8(9-10)7-5-3-2-4-6-7/h2-6,10H,1H3,(H,11,12). The van der Waals surface area contributed by atoms with Gasteiger partial charge in [0.25, 0.3) is 0 Å². The van der Waals surface area contributed by atoms with E-state index in [2.05, 4.69) is 9.68 Å². The van der Waals surface area contributed by atoms with Gasteiger partial charge < -0.3 is 14.6 Å². The highest BCUT2D eigenvalue weighted by Gasteiger charge is 2.28. The smallest absolute Gasteiger partial charge is 0.380 e. The molecule has 1 rings (SSSR count). The molecule has 0 saturated carbocycles. The Labute approximate surface area is 81.2 Å². The van der Waals surface area contributed by atoms with Gasteiger partial charge in [-0.05, 0) is 0 Å². The maximum atomic E-state index is 11.4. The Morgan fingerprint density at radius 1 is 1.43 bits per heavy atom. The first-order valence-corrected chi connectivity index (χ1v) is 5.36. The van der Waals surface area contributed by atoms with Crippen molar-refractivity contribution in [2.75, 3.05) is 7.11 Å². The van der Waals surface area contributed by atoms with Crippen LogP contribution in [0.15, 0.2) is 35.5 Å². The molecule has 76 valence electrons. The van der Waals surface area contributed by atoms with Crippen LogP contribution in [0.25, 0.3) is 0 Å². The first kappa shape index (κ1) is 10.9. The summed E-state index contributed by atoms with van der Waals surface area (Å²) in [6.45, 7) is 0. The summed E-state index contributed by atoms with van der Waals surface area (Å²) in [5.74, 6) is 0. The molecule has 0 aliphatic carbocycles. The Morgan fingerprint density at radius 3 is 2.43 bits per heavy atom. The SMILES string of the molecule is COP(=O)(O)C(=NO)c1ccccc1. The average molecular weight is 215 g/mol. The minimum Gasteiger partial charge on any atom is -0.410 e. The maximum Gasteiger partial charge on any atom is 0.380 e. The topological polar surface area (TPSA) is 79.1 Å². The second-order valence-electron chi connectivity index (χ2n) is 2.49. The molecule has 14 heavy (non-hydrogen) atoms. The van der Waals surface area contributed by atoms with E-state index in [-0.39, 0.29) is 5.45 Å². The summed E-state index contributed by atoms with van der Waals surface area (Å²) >= 11 is 0. The van der Waals surface area contributed by atoms with Crippen molar-refractivity contribution < 1.29 is 19.2 Å². The molecule has 0 amide bonds. The number of nitrogens with zero attached hydrogens (tertiary/aromatic N) is 1. The van der Waals surface area contributed by atoms with E-state index in [1.165, 1.54) is 0 Å². The number of hydrogen-bond donors (Lipinski definition) is 2. The van der Waals surface area contributed by atoms with Gasteiger partial charge in [-0.3, -0.25) is 4.57 Å². The highest BCUT2D eigenvalue weighted by Crippen LogP contribution is 2.44. The van der Waals surface area contributed by atoms with Gasteiger partial charge in [0, 0.05) is 12.7 Å². The lowest BCUT2D eigenvalue weighted by molar-refractivity contribution is 0.309. The van der Waals surface area contributed by atoms with Crippen LogP contribution in [0.3, 0.4) is 0 Å². The molecule has 1 unspecified atom stereocenters. The monoisotopic (exact) mass is 215 g/mol. The molecule has 0 aliphatic heterocycles. The lowest BCUT2D eigenvalue weighted by Gasteiger charge is -2.09. The largest absolute Gasteiger partial charge is 0.410 e. The fourth-order valence-corrected chi connectivity index (χ4v) is 1.71. The zero-order valence-electron chi connectivity index (χ0n) is 7.49. The van der Waals surface area contributed by atoms with Crippen LogP contribution in [0, 0.1) is 0 Å². The molecular weight excluding hydrogens is 205 g/mol. The number of rotatable bonds is 3. The zero-order valence-corrected chi connectivity index (χ0v) is 8.39. The Morgan fingerprint density at radius 2 is 2.00 bits per heavy atom. The summed E-state index contributed by atoms with van der Waals surface area (Å²) in [6.07, 6.45) is 0. The van der Waals surface area contributed by atoms with E-state index in [0.29, 0.717) is 5.56 Å². The number of hydrogen-bond acceptors (Lipinski definition) is 4. The van der Waals surface area contributed by atoms with Crippen LogP contribution >= 0.6 is 7.60 Å². The molecule has 2 N–H and O–H groups in total. The first-order chi connectivity index (χ1) is 6.61. The van der Waals surface area contributed by atoms with E-state index in [0.717, 1.165) is 7.11 Å². The van der Waals surface area contributed by atoms with Crippen LogP contribution in [0.5, 0.6) is 0 Å². The molecule has 0 fully saturated rings. The zero-order chi connectivity index (χ0) is 10.6. The number of benzene rings is 1. The fraction of sp³-hybridized carbons (Fsp3) is 0.125. The second-order valence-corrected chi connectivity index (χ2v) is 4.32. The average Bonchev–Trinajstić information content (AvgIpc) is 2.20. The summed E-state index contributed by atoms with van der Waals surface area (Å²) in [6, 6.07) is 8.17. The van der Waals surface area contributed by atoms with Gasteiger partial charge in [-0.1, -0.05) is 35.5 Å². The summed E-state index contributed by atoms with van der Waals surface area (Å²) < 4.78 is 15.7. The molecular formula is C8H10NO4P. The molecule has 0 saturated heterocycles. The molecule has 6 heteroatoms. The third-order valence-electron chi connectivity index (χ3n) is 1.64. The molecule has 0 spiro atoms. The molecule has 1 aromatic carbocycles. The van der Waals surface area contributed by atoms with E-state index in [9.17, 15) is 9.46 Å². The highest BCUT2D eigenvalue weighted by molar-refractivity contribution is 7.72. The Hall–Kier alpha value is -1.16. The van der Waals surface area contributed by atoms with E-state index in [1.807, 2.05) is 0 Å². The van der Waals surface area contributed by atoms with Crippen LogP contribution in [-0.2, 0) is 9.09 Å². The molecule has 0 aromatic heterocycles. The van der Waals surface area contributed by atoms with Gasteiger partial charge in [0.1, 0.15) is 0 Å². The van der Waals surface area contributed by atoms with Crippen LogP contribution in [-0.4, -0.2) is 22.7 Å². The van der Waals surface area contributed by atoms with Crippen LogP contribution in [0.2, 0.25) is 0 Å². The minimum absolute atomic E-state index is 0.350. The normalized spacial score (nSPS) is 16.3. The van der Waals surface area contributed by atoms with Crippen molar-refractivity contribution in [1.82, 2.24) is 0 Å². The van der Waals surface area contributed by atoms with Crippen LogP contribution in [0.1, 0.15) is 5.56 Å². The Bertz CT molecular complexity index is 376. The highest BCUT2D eigenvalue weighted by atomic mass is 31.2. The van der Waals surface area contributed by atoms with Crippen molar-refractivity contribution in [2.24, 2.45) is 5.16 Å².